The predicted octanol–water partition coefficient (Wildman–Crippen LogP) is 2.68. The summed E-state index contributed by atoms with van der Waals surface area (Å²) < 4.78 is 10.7. The van der Waals surface area contributed by atoms with Gasteiger partial charge in [-0.25, -0.2) is 4.98 Å². The Bertz CT molecular complexity index is 709. The van der Waals surface area contributed by atoms with Gasteiger partial charge in [-0.2, -0.15) is 5.10 Å². The average molecular weight is 269 g/mol. The second kappa shape index (κ2) is 5.71. The Balaban J connectivity index is 1.69. The number of ether oxygens (including phenoxy) is 2. The van der Waals surface area contributed by atoms with Crippen molar-refractivity contribution in [2.75, 3.05) is 7.11 Å². The highest BCUT2D eigenvalue weighted by molar-refractivity contribution is 5.83. The van der Waals surface area contributed by atoms with E-state index < -0.39 is 0 Å². The molecule has 0 unspecified atom stereocenters. The molecule has 0 aliphatic rings. The van der Waals surface area contributed by atoms with Crippen molar-refractivity contribution in [3.8, 4) is 5.75 Å². The third-order valence-electron chi connectivity index (χ3n) is 2.95. The summed E-state index contributed by atoms with van der Waals surface area (Å²) in [4.78, 5) is 4.26. The average Bonchev–Trinajstić information content (AvgIpc) is 2.93. The monoisotopic (exact) mass is 269 g/mol. The molecule has 1 N–H and O–H groups in total. The van der Waals surface area contributed by atoms with E-state index in [9.17, 15) is 0 Å². The first-order valence-electron chi connectivity index (χ1n) is 6.36. The molecule has 0 spiro atoms. The van der Waals surface area contributed by atoms with Gasteiger partial charge in [0, 0.05) is 7.11 Å². The zero-order valence-corrected chi connectivity index (χ0v) is 11.2. The Hall–Kier alpha value is -2.40. The second-order valence-corrected chi connectivity index (χ2v) is 4.43. The van der Waals surface area contributed by atoms with Crippen molar-refractivity contribution in [3.05, 3.63) is 54.1 Å². The number of rotatable bonds is 5. The fourth-order valence-electron chi connectivity index (χ4n) is 2.00. The topological polar surface area (TPSA) is 60.0 Å². The molecule has 3 rings (SSSR count). The van der Waals surface area contributed by atoms with Crippen molar-refractivity contribution in [1.82, 2.24) is 15.2 Å². The number of H-pyrrole nitrogens is 1. The smallest absolute Gasteiger partial charge is 0.176 e. The van der Waals surface area contributed by atoms with E-state index in [1.807, 2.05) is 30.3 Å². The summed E-state index contributed by atoms with van der Waals surface area (Å²) in [5.41, 5.74) is 0. The van der Waals surface area contributed by atoms with Crippen molar-refractivity contribution in [2.24, 2.45) is 0 Å². The lowest BCUT2D eigenvalue weighted by molar-refractivity contribution is 0.178. The van der Waals surface area contributed by atoms with Crippen LogP contribution >= 0.6 is 0 Å². The molecule has 1 heterocycles. The molecule has 0 saturated heterocycles. The summed E-state index contributed by atoms with van der Waals surface area (Å²) in [5, 5.41) is 9.21. The van der Waals surface area contributed by atoms with Crippen LogP contribution < -0.4 is 4.74 Å². The number of nitrogens with one attached hydrogen (secondary N) is 1. The fourth-order valence-corrected chi connectivity index (χ4v) is 2.00. The van der Waals surface area contributed by atoms with Crippen LogP contribution in [0.1, 0.15) is 11.6 Å². The first-order chi connectivity index (χ1) is 9.85. The summed E-state index contributed by atoms with van der Waals surface area (Å²) in [6, 6.07) is 14.2. The van der Waals surface area contributed by atoms with Gasteiger partial charge in [0.25, 0.3) is 0 Å². The Labute approximate surface area is 116 Å². The normalized spacial score (nSPS) is 10.8. The van der Waals surface area contributed by atoms with Gasteiger partial charge in [0.1, 0.15) is 19.0 Å². The van der Waals surface area contributed by atoms with E-state index in [1.54, 1.807) is 7.11 Å². The van der Waals surface area contributed by atoms with Crippen LogP contribution in [0, 0.1) is 0 Å². The molecule has 5 heteroatoms. The van der Waals surface area contributed by atoms with Crippen LogP contribution in [0.3, 0.4) is 0 Å². The van der Waals surface area contributed by atoms with Crippen LogP contribution in [0.15, 0.2) is 42.5 Å². The molecule has 5 nitrogen and oxygen atoms in total. The Morgan fingerprint density at radius 2 is 1.90 bits per heavy atom. The molecule has 102 valence electrons. The van der Waals surface area contributed by atoms with Gasteiger partial charge in [-0.15, -0.1) is 0 Å². The molecule has 0 radical (unpaired) electrons. The van der Waals surface area contributed by atoms with Crippen LogP contribution in [0.2, 0.25) is 0 Å². The highest BCUT2D eigenvalue weighted by Crippen LogP contribution is 2.21. The Morgan fingerprint density at radius 1 is 1.05 bits per heavy atom. The van der Waals surface area contributed by atoms with E-state index in [0.29, 0.717) is 24.9 Å². The van der Waals surface area contributed by atoms with E-state index in [1.165, 1.54) is 5.39 Å². The molecule has 0 saturated carbocycles. The van der Waals surface area contributed by atoms with Crippen LogP contribution in [0.4, 0.5) is 0 Å². The third kappa shape index (κ3) is 2.78. The molecule has 0 amide bonds. The lowest BCUT2D eigenvalue weighted by Crippen LogP contribution is -1.98. The summed E-state index contributed by atoms with van der Waals surface area (Å²) in [6.07, 6.45) is 0. The van der Waals surface area contributed by atoms with Gasteiger partial charge in [-0.3, -0.25) is 5.10 Å². The number of methoxy groups -OCH3 is 1. The molecule has 20 heavy (non-hydrogen) atoms. The number of hydrogen-bond acceptors (Lipinski definition) is 4. The van der Waals surface area contributed by atoms with Gasteiger partial charge in [0.2, 0.25) is 0 Å². The van der Waals surface area contributed by atoms with Gasteiger partial charge in [-0.05, 0) is 22.9 Å². The van der Waals surface area contributed by atoms with E-state index in [2.05, 4.69) is 27.3 Å². The Morgan fingerprint density at radius 3 is 2.75 bits per heavy atom. The molecule has 1 aromatic heterocycles. The SMILES string of the molecule is COCc1n[nH]c(COc2ccc3ccccc3c2)n1. The van der Waals surface area contributed by atoms with E-state index in [4.69, 9.17) is 9.47 Å². The summed E-state index contributed by atoms with van der Waals surface area (Å²) in [6.45, 7) is 0.752. The molecule has 0 fully saturated rings. The minimum absolute atomic E-state index is 0.356. The fraction of sp³-hybridized carbons (Fsp3) is 0.200. The van der Waals surface area contributed by atoms with Crippen LogP contribution in [0.5, 0.6) is 5.75 Å². The maximum atomic E-state index is 5.72. The number of fused-ring (bicyclic) bond motifs is 1. The summed E-state index contributed by atoms with van der Waals surface area (Å²) in [5.74, 6) is 2.13. The van der Waals surface area contributed by atoms with Crippen molar-refractivity contribution >= 4 is 10.8 Å². The summed E-state index contributed by atoms with van der Waals surface area (Å²) in [7, 11) is 1.61. The highest BCUT2D eigenvalue weighted by Gasteiger charge is 2.04. The molecule has 0 aliphatic heterocycles. The molecule has 0 bridgehead atoms. The first-order valence-corrected chi connectivity index (χ1v) is 6.36. The van der Waals surface area contributed by atoms with Gasteiger partial charge in [-0.1, -0.05) is 30.3 Å². The van der Waals surface area contributed by atoms with E-state index >= 15 is 0 Å². The molecule has 0 aliphatic carbocycles. The van der Waals surface area contributed by atoms with Crippen LogP contribution in [-0.2, 0) is 18.0 Å². The van der Waals surface area contributed by atoms with Crippen molar-refractivity contribution in [2.45, 2.75) is 13.2 Å². The lowest BCUT2D eigenvalue weighted by atomic mass is 10.1. The third-order valence-corrected chi connectivity index (χ3v) is 2.95. The van der Waals surface area contributed by atoms with Crippen molar-refractivity contribution in [3.63, 3.8) is 0 Å². The minimum Gasteiger partial charge on any atom is -0.486 e. The van der Waals surface area contributed by atoms with E-state index in [-0.39, 0.29) is 0 Å². The number of aromatic amines is 1. The van der Waals surface area contributed by atoms with Gasteiger partial charge >= 0.3 is 0 Å². The minimum atomic E-state index is 0.356. The molecule has 2 aromatic carbocycles. The molecular weight excluding hydrogens is 254 g/mol. The van der Waals surface area contributed by atoms with Crippen LogP contribution in [-0.4, -0.2) is 22.3 Å². The van der Waals surface area contributed by atoms with Gasteiger partial charge in [0.15, 0.2) is 11.6 Å². The predicted molar refractivity (Wildman–Crippen MR) is 75.4 cm³/mol. The quantitative estimate of drug-likeness (QED) is 0.773. The van der Waals surface area contributed by atoms with Crippen molar-refractivity contribution < 1.29 is 9.47 Å². The number of benzene rings is 2. The van der Waals surface area contributed by atoms with Gasteiger partial charge < -0.3 is 9.47 Å². The van der Waals surface area contributed by atoms with Crippen LogP contribution in [0.25, 0.3) is 10.8 Å². The number of nitrogens with zero attached hydrogens (tertiary/aromatic N) is 2. The number of hydrogen-bond donors (Lipinski definition) is 1. The zero-order valence-electron chi connectivity index (χ0n) is 11.2. The number of aromatic nitrogens is 3. The summed E-state index contributed by atoms with van der Waals surface area (Å²) >= 11 is 0. The maximum Gasteiger partial charge on any atom is 0.176 e. The largest absolute Gasteiger partial charge is 0.486 e. The standard InChI is InChI=1S/C15H15N3O2/c1-19-9-14-16-15(18-17-14)10-20-13-7-6-11-4-2-3-5-12(11)8-13/h2-8H,9-10H2,1H3,(H,16,17,18). The first kappa shape index (κ1) is 12.6. The van der Waals surface area contributed by atoms with E-state index in [0.717, 1.165) is 11.1 Å². The second-order valence-electron chi connectivity index (χ2n) is 4.43. The molecular formula is C15H15N3O2. The highest BCUT2D eigenvalue weighted by atomic mass is 16.5. The molecule has 0 atom stereocenters. The van der Waals surface area contributed by atoms with Crippen molar-refractivity contribution in [1.29, 1.82) is 0 Å². The lowest BCUT2D eigenvalue weighted by Gasteiger charge is -2.05. The zero-order chi connectivity index (χ0) is 13.8. The van der Waals surface area contributed by atoms with Gasteiger partial charge in [0.05, 0.1) is 0 Å². The maximum absolute atomic E-state index is 5.72. The Kier molecular flexibility index (Phi) is 3.60. The molecule has 3 aromatic rings.